The maximum atomic E-state index is 11.4. The molecule has 0 saturated carbocycles. The summed E-state index contributed by atoms with van der Waals surface area (Å²) in [6.45, 7) is 1.52. The lowest BCUT2D eigenvalue weighted by Crippen LogP contribution is -2.30. The summed E-state index contributed by atoms with van der Waals surface area (Å²) in [5.41, 5.74) is 0.891. The van der Waals surface area contributed by atoms with Crippen LogP contribution in [-0.2, 0) is 16.0 Å². The van der Waals surface area contributed by atoms with Gasteiger partial charge >= 0.3 is 5.97 Å². The van der Waals surface area contributed by atoms with Crippen LogP contribution in [0.25, 0.3) is 0 Å². The molecule has 3 rings (SSSR count). The van der Waals surface area contributed by atoms with E-state index in [-0.39, 0.29) is 48.4 Å². The Bertz CT molecular complexity index is 848. The van der Waals surface area contributed by atoms with E-state index in [0.29, 0.717) is 11.1 Å². The van der Waals surface area contributed by atoms with Crippen LogP contribution < -0.4 is 9.47 Å². The highest BCUT2D eigenvalue weighted by molar-refractivity contribution is 5.71. The molecule has 144 valence electrons. The van der Waals surface area contributed by atoms with Gasteiger partial charge in [-0.2, -0.15) is 0 Å². The van der Waals surface area contributed by atoms with Gasteiger partial charge in [-0.3, -0.25) is 0 Å². The molecule has 0 spiro atoms. The first-order chi connectivity index (χ1) is 12.9. The first-order valence-electron chi connectivity index (χ1n) is 8.40. The largest absolute Gasteiger partial charge is 0.508 e. The van der Waals surface area contributed by atoms with Crippen molar-refractivity contribution in [3.8, 4) is 28.7 Å². The molecule has 0 aliphatic carbocycles. The summed E-state index contributed by atoms with van der Waals surface area (Å²) in [7, 11) is 0. The van der Waals surface area contributed by atoms with Crippen LogP contribution in [0.4, 0.5) is 0 Å². The number of esters is 1. The number of carbonyl (C=O) groups is 1. The van der Waals surface area contributed by atoms with Crippen molar-refractivity contribution in [1.82, 2.24) is 0 Å². The molecule has 2 aromatic rings. The summed E-state index contributed by atoms with van der Waals surface area (Å²) in [4.78, 5) is 11.4. The molecule has 0 bridgehead atoms. The van der Waals surface area contributed by atoms with Crippen LogP contribution in [-0.4, -0.2) is 45.7 Å². The number of aromatic hydroxyl groups is 3. The number of fused-ring (bicyclic) bond motifs is 1. The number of hydrogen-bond donors (Lipinski definition) is 4. The van der Waals surface area contributed by atoms with Crippen LogP contribution in [0.1, 0.15) is 24.2 Å². The van der Waals surface area contributed by atoms with Gasteiger partial charge in [0.2, 0.25) is 0 Å². The molecule has 0 saturated heterocycles. The highest BCUT2D eigenvalue weighted by Gasteiger charge is 2.32. The second-order valence-electron chi connectivity index (χ2n) is 6.07. The lowest BCUT2D eigenvalue weighted by Gasteiger charge is -2.31. The predicted molar refractivity (Wildman–Crippen MR) is 93.1 cm³/mol. The van der Waals surface area contributed by atoms with Crippen LogP contribution in [0, 0.1) is 0 Å². The Morgan fingerprint density at radius 2 is 1.96 bits per heavy atom. The van der Waals surface area contributed by atoms with E-state index in [0.717, 1.165) is 0 Å². The van der Waals surface area contributed by atoms with E-state index in [9.17, 15) is 25.2 Å². The number of hydrogen-bond acceptors (Lipinski definition) is 8. The Labute approximate surface area is 155 Å². The summed E-state index contributed by atoms with van der Waals surface area (Å²) < 4.78 is 15.8. The van der Waals surface area contributed by atoms with Gasteiger partial charge in [0, 0.05) is 24.1 Å². The normalized spacial score (nSPS) is 18.3. The molecule has 8 heteroatoms. The number of phenols is 3. The monoisotopic (exact) mass is 376 g/mol. The van der Waals surface area contributed by atoms with E-state index >= 15 is 0 Å². The standard InChI is InChI=1S/C19H20O8/c1-2-25-18(24)9-26-17-5-10(3-4-13(17)21)19-15(23)8-12-14(22)6-11(20)7-16(12)27-19/h3-7,15,19-23H,2,8-9H2,1H3. The molecule has 0 radical (unpaired) electrons. The SMILES string of the molecule is CCOC(=O)COc1cc(C2Oc3cc(O)cc(O)c3CC2O)ccc1O. The van der Waals surface area contributed by atoms with Crippen LogP contribution in [0.3, 0.4) is 0 Å². The first kappa shape index (κ1) is 18.7. The topological polar surface area (TPSA) is 126 Å². The zero-order chi connectivity index (χ0) is 19.6. The van der Waals surface area contributed by atoms with Crippen LogP contribution in [0.2, 0.25) is 0 Å². The summed E-state index contributed by atoms with van der Waals surface area (Å²) in [5.74, 6) is -0.775. The Hall–Kier alpha value is -3.13. The predicted octanol–water partition coefficient (Wildman–Crippen LogP) is 1.78. The highest BCUT2D eigenvalue weighted by Crippen LogP contribution is 2.42. The maximum absolute atomic E-state index is 11.4. The quantitative estimate of drug-likeness (QED) is 0.582. The van der Waals surface area contributed by atoms with E-state index in [1.807, 2.05) is 0 Å². The fourth-order valence-corrected chi connectivity index (χ4v) is 2.91. The van der Waals surface area contributed by atoms with Gasteiger partial charge < -0.3 is 34.6 Å². The van der Waals surface area contributed by atoms with E-state index in [1.54, 1.807) is 13.0 Å². The third-order valence-electron chi connectivity index (χ3n) is 4.15. The van der Waals surface area contributed by atoms with Crippen molar-refractivity contribution in [3.05, 3.63) is 41.5 Å². The number of ether oxygens (including phenoxy) is 3. The average molecular weight is 376 g/mol. The van der Waals surface area contributed by atoms with Gasteiger partial charge in [0.1, 0.15) is 23.4 Å². The number of rotatable bonds is 5. The summed E-state index contributed by atoms with van der Waals surface area (Å²) in [6.07, 6.45) is -1.67. The van der Waals surface area contributed by atoms with E-state index in [4.69, 9.17) is 14.2 Å². The number of aliphatic hydroxyl groups is 1. The summed E-state index contributed by atoms with van der Waals surface area (Å²) in [5, 5.41) is 39.9. The van der Waals surface area contributed by atoms with Crippen molar-refractivity contribution in [2.45, 2.75) is 25.6 Å². The van der Waals surface area contributed by atoms with Crippen molar-refractivity contribution in [2.24, 2.45) is 0 Å². The number of aliphatic hydroxyl groups excluding tert-OH is 1. The van der Waals surface area contributed by atoms with Crippen molar-refractivity contribution < 1.29 is 39.4 Å². The van der Waals surface area contributed by atoms with Gasteiger partial charge in [-0.15, -0.1) is 0 Å². The number of carbonyl (C=O) groups excluding carboxylic acids is 1. The van der Waals surface area contributed by atoms with Crippen LogP contribution >= 0.6 is 0 Å². The minimum Gasteiger partial charge on any atom is -0.508 e. The molecule has 1 aliphatic rings. The molecule has 0 fully saturated rings. The van der Waals surface area contributed by atoms with Gasteiger partial charge in [0.15, 0.2) is 18.1 Å². The second-order valence-corrected chi connectivity index (χ2v) is 6.07. The molecule has 2 unspecified atom stereocenters. The smallest absolute Gasteiger partial charge is 0.344 e. The highest BCUT2D eigenvalue weighted by atomic mass is 16.6. The van der Waals surface area contributed by atoms with Crippen LogP contribution in [0.15, 0.2) is 30.3 Å². The van der Waals surface area contributed by atoms with Gasteiger partial charge in [0.05, 0.1) is 12.7 Å². The minimum atomic E-state index is -0.976. The van der Waals surface area contributed by atoms with Crippen molar-refractivity contribution >= 4 is 5.97 Å². The van der Waals surface area contributed by atoms with E-state index < -0.39 is 18.2 Å². The van der Waals surface area contributed by atoms with Gasteiger partial charge in [-0.25, -0.2) is 4.79 Å². The molecular formula is C19H20O8. The Morgan fingerprint density at radius 3 is 2.70 bits per heavy atom. The Morgan fingerprint density at radius 1 is 1.19 bits per heavy atom. The molecule has 1 heterocycles. The maximum Gasteiger partial charge on any atom is 0.344 e. The molecule has 8 nitrogen and oxygen atoms in total. The van der Waals surface area contributed by atoms with Crippen molar-refractivity contribution in [2.75, 3.05) is 13.2 Å². The molecule has 2 atom stereocenters. The van der Waals surface area contributed by atoms with Crippen LogP contribution in [0.5, 0.6) is 28.7 Å². The number of phenolic OH excluding ortho intramolecular Hbond substituents is 3. The molecular weight excluding hydrogens is 356 g/mol. The Kier molecular flexibility index (Phi) is 5.27. The fraction of sp³-hybridized carbons (Fsp3) is 0.316. The van der Waals surface area contributed by atoms with Crippen molar-refractivity contribution in [1.29, 1.82) is 0 Å². The molecule has 0 amide bonds. The van der Waals surface area contributed by atoms with E-state index in [2.05, 4.69) is 0 Å². The zero-order valence-electron chi connectivity index (χ0n) is 14.6. The molecule has 2 aromatic carbocycles. The Balaban J connectivity index is 1.83. The molecule has 1 aliphatic heterocycles. The molecule has 4 N–H and O–H groups in total. The average Bonchev–Trinajstić information content (AvgIpc) is 2.61. The van der Waals surface area contributed by atoms with Crippen molar-refractivity contribution in [3.63, 3.8) is 0 Å². The second kappa shape index (κ2) is 7.63. The number of benzene rings is 2. The first-order valence-corrected chi connectivity index (χ1v) is 8.40. The fourth-order valence-electron chi connectivity index (χ4n) is 2.91. The zero-order valence-corrected chi connectivity index (χ0v) is 14.6. The minimum absolute atomic E-state index is 0.0425. The van der Waals surface area contributed by atoms with Gasteiger partial charge in [0.25, 0.3) is 0 Å². The summed E-state index contributed by atoms with van der Waals surface area (Å²) >= 11 is 0. The van der Waals surface area contributed by atoms with E-state index in [1.165, 1.54) is 24.3 Å². The molecule has 0 aromatic heterocycles. The third kappa shape index (κ3) is 4.01. The lowest BCUT2D eigenvalue weighted by molar-refractivity contribution is -0.145. The summed E-state index contributed by atoms with van der Waals surface area (Å²) in [6, 6.07) is 6.90. The molecule has 27 heavy (non-hydrogen) atoms. The third-order valence-corrected chi connectivity index (χ3v) is 4.15. The van der Waals surface area contributed by atoms with Gasteiger partial charge in [-0.05, 0) is 24.6 Å². The van der Waals surface area contributed by atoms with Gasteiger partial charge in [-0.1, -0.05) is 6.07 Å². The lowest BCUT2D eigenvalue weighted by atomic mass is 9.94.